The van der Waals surface area contributed by atoms with E-state index in [9.17, 15) is 4.79 Å². The highest BCUT2D eigenvalue weighted by molar-refractivity contribution is 5.92. The van der Waals surface area contributed by atoms with E-state index >= 15 is 0 Å². The molecule has 26 heavy (non-hydrogen) atoms. The first kappa shape index (κ1) is 18.1. The highest BCUT2D eigenvalue weighted by atomic mass is 16.3. The number of carbonyl (C=O) groups excluding carboxylic acids is 1. The Morgan fingerprint density at radius 2 is 2.00 bits per heavy atom. The number of benzene rings is 2. The van der Waals surface area contributed by atoms with Gasteiger partial charge in [-0.05, 0) is 35.7 Å². The second-order valence-corrected chi connectivity index (χ2v) is 6.62. The minimum Gasteiger partial charge on any atom is -0.446 e. The number of nitrogens with one attached hydrogen (secondary N) is 1. The van der Waals surface area contributed by atoms with Gasteiger partial charge in [0.25, 0.3) is 5.91 Å². The molecule has 3 aromatic rings. The predicted molar refractivity (Wildman–Crippen MR) is 103 cm³/mol. The topological polar surface area (TPSA) is 81.1 Å². The van der Waals surface area contributed by atoms with Crippen molar-refractivity contribution in [2.24, 2.45) is 5.73 Å². The van der Waals surface area contributed by atoms with Crippen molar-refractivity contribution < 1.29 is 9.21 Å². The molecule has 0 saturated heterocycles. The lowest BCUT2D eigenvalue weighted by atomic mass is 10.0. The molecule has 5 nitrogen and oxygen atoms in total. The summed E-state index contributed by atoms with van der Waals surface area (Å²) >= 11 is 0. The lowest BCUT2D eigenvalue weighted by Crippen LogP contribution is -2.27. The minimum absolute atomic E-state index is 0.138. The first-order chi connectivity index (χ1) is 12.6. The van der Waals surface area contributed by atoms with Crippen LogP contribution in [0.1, 0.15) is 67.1 Å². The normalized spacial score (nSPS) is 13.5. The second kappa shape index (κ2) is 8.15. The number of fused-ring (bicyclic) bond motifs is 1. The third-order valence-corrected chi connectivity index (χ3v) is 4.56. The van der Waals surface area contributed by atoms with E-state index in [0.717, 1.165) is 30.2 Å². The van der Waals surface area contributed by atoms with Crippen LogP contribution in [0.2, 0.25) is 0 Å². The number of nitrogens with zero attached hydrogens (tertiary/aromatic N) is 1. The van der Waals surface area contributed by atoms with E-state index < -0.39 is 0 Å². The van der Waals surface area contributed by atoms with Crippen LogP contribution >= 0.6 is 0 Å². The van der Waals surface area contributed by atoms with E-state index in [4.69, 9.17) is 10.2 Å². The van der Waals surface area contributed by atoms with Crippen LogP contribution in [-0.4, -0.2) is 10.9 Å². The fraction of sp³-hybridized carbons (Fsp3) is 0.333. The number of aromatic nitrogens is 1. The van der Waals surface area contributed by atoms with Crippen LogP contribution in [0.5, 0.6) is 0 Å². The Balaban J connectivity index is 1.67. The molecule has 1 aromatic heterocycles. The molecule has 0 radical (unpaired) electrons. The molecule has 0 aliphatic rings. The summed E-state index contributed by atoms with van der Waals surface area (Å²) in [6.45, 7) is 4.06. The van der Waals surface area contributed by atoms with Gasteiger partial charge in [-0.3, -0.25) is 4.79 Å². The molecule has 0 fully saturated rings. The van der Waals surface area contributed by atoms with E-state index in [1.54, 1.807) is 0 Å². The molecule has 3 rings (SSSR count). The summed E-state index contributed by atoms with van der Waals surface area (Å²) in [5.41, 5.74) is 7.36. The van der Waals surface area contributed by atoms with Crippen molar-refractivity contribution in [1.29, 1.82) is 0 Å². The number of carbonyl (C=O) groups is 1. The fourth-order valence-corrected chi connectivity index (χ4v) is 2.94. The van der Waals surface area contributed by atoms with Crippen molar-refractivity contribution in [3.8, 4) is 0 Å². The number of hydrogen-bond donors (Lipinski definition) is 2. The van der Waals surface area contributed by atoms with Crippen LogP contribution < -0.4 is 11.1 Å². The van der Waals surface area contributed by atoms with Gasteiger partial charge >= 0.3 is 0 Å². The summed E-state index contributed by atoms with van der Waals surface area (Å²) in [5.74, 6) is 0.158. The standard InChI is InChI=1S/C21H25N3O2/c1-3-4-9-18(22)21-24-19(13-26-21)20(25)23-14(2)16-11-10-15-7-5-6-8-17(15)12-16/h5-8,10-14,18H,3-4,9,22H2,1-2H3,(H,23,25). The largest absolute Gasteiger partial charge is 0.446 e. The van der Waals surface area contributed by atoms with Crippen LogP contribution in [0.15, 0.2) is 53.1 Å². The summed E-state index contributed by atoms with van der Waals surface area (Å²) in [6.07, 6.45) is 4.24. The minimum atomic E-state index is -0.269. The summed E-state index contributed by atoms with van der Waals surface area (Å²) in [5, 5.41) is 5.30. The van der Waals surface area contributed by atoms with E-state index in [0.29, 0.717) is 5.89 Å². The summed E-state index contributed by atoms with van der Waals surface area (Å²) in [7, 11) is 0. The summed E-state index contributed by atoms with van der Waals surface area (Å²) < 4.78 is 5.39. The number of unbranched alkanes of at least 4 members (excludes halogenated alkanes) is 1. The van der Waals surface area contributed by atoms with Crippen LogP contribution in [-0.2, 0) is 0 Å². The van der Waals surface area contributed by atoms with Crippen LogP contribution in [0, 0.1) is 0 Å². The number of hydrogen-bond acceptors (Lipinski definition) is 4. The summed E-state index contributed by atoms with van der Waals surface area (Å²) in [4.78, 5) is 16.7. The van der Waals surface area contributed by atoms with Gasteiger partial charge in [-0.2, -0.15) is 0 Å². The number of oxazole rings is 1. The van der Waals surface area contributed by atoms with E-state index in [2.05, 4.69) is 41.5 Å². The first-order valence-corrected chi connectivity index (χ1v) is 9.09. The van der Waals surface area contributed by atoms with E-state index in [-0.39, 0.29) is 23.7 Å². The van der Waals surface area contributed by atoms with Crippen LogP contribution in [0.4, 0.5) is 0 Å². The van der Waals surface area contributed by atoms with Crippen molar-refractivity contribution in [2.45, 2.75) is 45.2 Å². The van der Waals surface area contributed by atoms with Crippen molar-refractivity contribution in [3.05, 3.63) is 65.9 Å². The Bertz CT molecular complexity index is 888. The SMILES string of the molecule is CCCCC(N)c1nc(C(=O)NC(C)c2ccc3ccccc3c2)co1. The highest BCUT2D eigenvalue weighted by Gasteiger charge is 2.18. The molecule has 0 spiro atoms. The molecular weight excluding hydrogens is 326 g/mol. The average molecular weight is 351 g/mol. The molecule has 5 heteroatoms. The highest BCUT2D eigenvalue weighted by Crippen LogP contribution is 2.21. The van der Waals surface area contributed by atoms with E-state index in [1.807, 2.05) is 25.1 Å². The van der Waals surface area contributed by atoms with Gasteiger partial charge in [-0.25, -0.2) is 4.98 Å². The van der Waals surface area contributed by atoms with Gasteiger partial charge in [0.1, 0.15) is 6.26 Å². The molecule has 1 heterocycles. The zero-order valence-electron chi connectivity index (χ0n) is 15.2. The number of rotatable bonds is 7. The molecule has 0 bridgehead atoms. The molecule has 0 aliphatic carbocycles. The van der Waals surface area contributed by atoms with Crippen LogP contribution in [0.25, 0.3) is 10.8 Å². The number of nitrogens with two attached hydrogens (primary N) is 1. The zero-order valence-corrected chi connectivity index (χ0v) is 15.2. The number of amides is 1. The van der Waals surface area contributed by atoms with Crippen molar-refractivity contribution in [2.75, 3.05) is 0 Å². The molecule has 136 valence electrons. The Labute approximate surface area is 153 Å². The molecule has 1 amide bonds. The zero-order chi connectivity index (χ0) is 18.5. The fourth-order valence-electron chi connectivity index (χ4n) is 2.94. The maximum atomic E-state index is 12.5. The third kappa shape index (κ3) is 4.11. The van der Waals surface area contributed by atoms with Gasteiger partial charge in [0, 0.05) is 0 Å². The van der Waals surface area contributed by atoms with Gasteiger partial charge in [-0.15, -0.1) is 0 Å². The van der Waals surface area contributed by atoms with Crippen molar-refractivity contribution in [1.82, 2.24) is 10.3 Å². The molecule has 2 unspecified atom stereocenters. The quantitative estimate of drug-likeness (QED) is 0.656. The predicted octanol–water partition coefficient (Wildman–Crippen LogP) is 4.51. The maximum absolute atomic E-state index is 12.5. The van der Waals surface area contributed by atoms with Gasteiger partial charge in [-0.1, -0.05) is 56.2 Å². The Morgan fingerprint density at radius 1 is 1.23 bits per heavy atom. The van der Waals surface area contributed by atoms with Gasteiger partial charge in [0.05, 0.1) is 12.1 Å². The van der Waals surface area contributed by atoms with E-state index in [1.165, 1.54) is 11.6 Å². The molecular formula is C21H25N3O2. The Kier molecular flexibility index (Phi) is 5.68. The van der Waals surface area contributed by atoms with Crippen LogP contribution in [0.3, 0.4) is 0 Å². The smallest absolute Gasteiger partial charge is 0.273 e. The Hall–Kier alpha value is -2.66. The molecule has 0 saturated carbocycles. The van der Waals surface area contributed by atoms with Gasteiger partial charge in [0.15, 0.2) is 5.69 Å². The lowest BCUT2D eigenvalue weighted by Gasteiger charge is -2.14. The maximum Gasteiger partial charge on any atom is 0.273 e. The third-order valence-electron chi connectivity index (χ3n) is 4.56. The lowest BCUT2D eigenvalue weighted by molar-refractivity contribution is 0.0935. The Morgan fingerprint density at radius 3 is 2.77 bits per heavy atom. The summed E-state index contributed by atoms with van der Waals surface area (Å²) in [6, 6.07) is 13.9. The molecule has 0 aliphatic heterocycles. The first-order valence-electron chi connectivity index (χ1n) is 9.09. The van der Waals surface area contributed by atoms with Gasteiger partial charge < -0.3 is 15.5 Å². The van der Waals surface area contributed by atoms with Gasteiger partial charge in [0.2, 0.25) is 5.89 Å². The molecule has 2 atom stereocenters. The average Bonchev–Trinajstić information content (AvgIpc) is 3.16. The van der Waals surface area contributed by atoms with Crippen molar-refractivity contribution >= 4 is 16.7 Å². The van der Waals surface area contributed by atoms with Crippen molar-refractivity contribution in [3.63, 3.8) is 0 Å². The second-order valence-electron chi connectivity index (χ2n) is 6.62. The molecule has 2 aromatic carbocycles. The monoisotopic (exact) mass is 351 g/mol. The molecule has 3 N–H and O–H groups in total.